The number of aryl methyl sites for hydroxylation is 1. The topological polar surface area (TPSA) is 103 Å². The zero-order chi connectivity index (χ0) is 27.0. The average molecular weight is 529 g/mol. The third-order valence-electron chi connectivity index (χ3n) is 5.74. The zero-order valence-electron chi connectivity index (χ0n) is 21.6. The second-order valence-electron chi connectivity index (χ2n) is 8.15. The molecule has 3 rings (SSSR count). The summed E-state index contributed by atoms with van der Waals surface area (Å²) in [4.78, 5) is 13.0. The van der Waals surface area contributed by atoms with Crippen LogP contribution in [0.2, 0.25) is 0 Å². The number of rotatable bonds is 12. The Balaban J connectivity index is 1.82. The number of benzene rings is 3. The van der Waals surface area contributed by atoms with Crippen LogP contribution in [0, 0.1) is 6.92 Å². The Labute approximate surface area is 218 Å². The summed E-state index contributed by atoms with van der Waals surface area (Å²) in [7, 11) is 2.01. The van der Waals surface area contributed by atoms with Gasteiger partial charge in [0, 0.05) is 12.6 Å². The number of carbonyl (C=O) groups excluding carboxylic acids is 1. The highest BCUT2D eigenvalue weighted by molar-refractivity contribution is 7.92. The molecule has 0 bridgehead atoms. The number of ether oxygens (including phenoxy) is 4. The second kappa shape index (κ2) is 12.4. The maximum absolute atomic E-state index is 13.6. The Kier molecular flexibility index (Phi) is 9.24. The van der Waals surface area contributed by atoms with Gasteiger partial charge in [-0.15, -0.1) is 0 Å². The number of amides is 1. The van der Waals surface area contributed by atoms with Crippen LogP contribution in [0.3, 0.4) is 0 Å². The predicted molar refractivity (Wildman–Crippen MR) is 142 cm³/mol. The molecule has 0 aliphatic heterocycles. The SMILES string of the molecule is COc1ccc(CCNC(=O)CN(c2ccc(OC)c(OC)c2)S(=O)(=O)c2ccc(C)cc2)cc1OC. The van der Waals surface area contributed by atoms with Crippen molar-refractivity contribution >= 4 is 21.6 Å². The number of nitrogens with one attached hydrogen (secondary N) is 1. The van der Waals surface area contributed by atoms with Gasteiger partial charge in [0.05, 0.1) is 39.0 Å². The monoisotopic (exact) mass is 528 g/mol. The van der Waals surface area contributed by atoms with E-state index < -0.39 is 22.5 Å². The first kappa shape index (κ1) is 27.7. The van der Waals surface area contributed by atoms with Crippen LogP contribution < -0.4 is 28.6 Å². The summed E-state index contributed by atoms with van der Waals surface area (Å²) in [5.74, 6) is 1.54. The van der Waals surface area contributed by atoms with E-state index in [0.29, 0.717) is 36.0 Å². The first-order valence-corrected chi connectivity index (χ1v) is 13.0. The first-order valence-electron chi connectivity index (χ1n) is 11.5. The van der Waals surface area contributed by atoms with Crippen LogP contribution in [0.15, 0.2) is 65.6 Å². The molecule has 0 radical (unpaired) electrons. The van der Waals surface area contributed by atoms with Crippen LogP contribution in [0.1, 0.15) is 11.1 Å². The fraction of sp³-hybridized carbons (Fsp3) is 0.296. The van der Waals surface area contributed by atoms with E-state index >= 15 is 0 Å². The molecule has 1 N–H and O–H groups in total. The highest BCUT2D eigenvalue weighted by Crippen LogP contribution is 2.34. The van der Waals surface area contributed by atoms with Gasteiger partial charge in [-0.3, -0.25) is 9.10 Å². The highest BCUT2D eigenvalue weighted by Gasteiger charge is 2.28. The lowest BCUT2D eigenvalue weighted by Gasteiger charge is -2.25. The van der Waals surface area contributed by atoms with Crippen molar-refractivity contribution in [2.75, 3.05) is 45.8 Å². The summed E-state index contributed by atoms with van der Waals surface area (Å²) in [5.41, 5.74) is 2.12. The lowest BCUT2D eigenvalue weighted by atomic mass is 10.1. The molecule has 9 nitrogen and oxygen atoms in total. The lowest BCUT2D eigenvalue weighted by Crippen LogP contribution is -2.41. The number of hydrogen-bond acceptors (Lipinski definition) is 7. The molecule has 0 fully saturated rings. The van der Waals surface area contributed by atoms with Gasteiger partial charge in [0.2, 0.25) is 5.91 Å². The summed E-state index contributed by atoms with van der Waals surface area (Å²) in [5, 5.41) is 2.81. The van der Waals surface area contributed by atoms with E-state index in [-0.39, 0.29) is 10.6 Å². The van der Waals surface area contributed by atoms with Gasteiger partial charge in [-0.2, -0.15) is 0 Å². The second-order valence-corrected chi connectivity index (χ2v) is 10.0. The van der Waals surface area contributed by atoms with Gasteiger partial charge in [0.25, 0.3) is 10.0 Å². The molecule has 0 saturated carbocycles. The van der Waals surface area contributed by atoms with Crippen LogP contribution in [-0.2, 0) is 21.2 Å². The van der Waals surface area contributed by atoms with Gasteiger partial charge >= 0.3 is 0 Å². The number of anilines is 1. The first-order chi connectivity index (χ1) is 17.7. The summed E-state index contributed by atoms with van der Waals surface area (Å²) in [6.45, 7) is 1.75. The molecule has 10 heteroatoms. The van der Waals surface area contributed by atoms with Crippen LogP contribution in [0.4, 0.5) is 5.69 Å². The van der Waals surface area contributed by atoms with E-state index in [1.165, 1.54) is 32.4 Å². The summed E-state index contributed by atoms with van der Waals surface area (Å²) >= 11 is 0. The minimum atomic E-state index is -4.06. The van der Waals surface area contributed by atoms with E-state index in [9.17, 15) is 13.2 Å². The molecular formula is C27H32N2O7S. The molecule has 3 aromatic carbocycles. The predicted octanol–water partition coefficient (Wildman–Crippen LogP) is 3.58. The van der Waals surface area contributed by atoms with Gasteiger partial charge in [0.15, 0.2) is 23.0 Å². The van der Waals surface area contributed by atoms with Crippen LogP contribution >= 0.6 is 0 Å². The van der Waals surface area contributed by atoms with Crippen molar-refractivity contribution in [1.82, 2.24) is 5.32 Å². The number of nitrogens with zero attached hydrogens (tertiary/aromatic N) is 1. The zero-order valence-corrected chi connectivity index (χ0v) is 22.4. The van der Waals surface area contributed by atoms with E-state index in [2.05, 4.69) is 5.32 Å². The van der Waals surface area contributed by atoms with Gasteiger partial charge < -0.3 is 24.3 Å². The third-order valence-corrected chi connectivity index (χ3v) is 7.52. The molecule has 0 aromatic heterocycles. The fourth-order valence-corrected chi connectivity index (χ4v) is 5.11. The maximum Gasteiger partial charge on any atom is 0.264 e. The molecule has 0 atom stereocenters. The van der Waals surface area contributed by atoms with Gasteiger partial charge in [-0.25, -0.2) is 8.42 Å². The number of hydrogen-bond donors (Lipinski definition) is 1. The Morgan fingerprint density at radius 2 is 1.35 bits per heavy atom. The van der Waals surface area contributed by atoms with Crippen LogP contribution in [-0.4, -0.2) is 55.9 Å². The largest absolute Gasteiger partial charge is 0.493 e. The highest BCUT2D eigenvalue weighted by atomic mass is 32.2. The summed E-state index contributed by atoms with van der Waals surface area (Å²) in [6.07, 6.45) is 0.521. The van der Waals surface area contributed by atoms with E-state index in [4.69, 9.17) is 18.9 Å². The van der Waals surface area contributed by atoms with Crippen molar-refractivity contribution in [1.29, 1.82) is 0 Å². The fourth-order valence-electron chi connectivity index (χ4n) is 3.70. The normalized spacial score (nSPS) is 10.9. The lowest BCUT2D eigenvalue weighted by molar-refractivity contribution is -0.119. The van der Waals surface area contributed by atoms with Gasteiger partial charge in [-0.1, -0.05) is 23.8 Å². The van der Waals surface area contributed by atoms with Crippen molar-refractivity contribution in [3.63, 3.8) is 0 Å². The molecule has 198 valence electrons. The molecule has 1 amide bonds. The average Bonchev–Trinajstić information content (AvgIpc) is 2.91. The van der Waals surface area contributed by atoms with Crippen molar-refractivity contribution in [2.45, 2.75) is 18.2 Å². The van der Waals surface area contributed by atoms with Crippen molar-refractivity contribution in [3.8, 4) is 23.0 Å². The van der Waals surface area contributed by atoms with Crippen molar-refractivity contribution in [3.05, 3.63) is 71.8 Å². The van der Waals surface area contributed by atoms with Crippen molar-refractivity contribution in [2.24, 2.45) is 0 Å². The number of carbonyl (C=O) groups is 1. The molecule has 0 saturated heterocycles. The minimum Gasteiger partial charge on any atom is -0.493 e. The molecule has 0 aliphatic rings. The molecule has 37 heavy (non-hydrogen) atoms. The molecule has 0 spiro atoms. The summed E-state index contributed by atoms with van der Waals surface area (Å²) in [6, 6.07) is 16.7. The molecule has 0 unspecified atom stereocenters. The van der Waals surface area contributed by atoms with Crippen LogP contribution in [0.5, 0.6) is 23.0 Å². The Hall–Kier alpha value is -3.92. The van der Waals surface area contributed by atoms with E-state index in [0.717, 1.165) is 15.4 Å². The standard InChI is InChI=1S/C27H32N2O7S/c1-19-6-10-22(11-7-19)37(31,32)29(21-9-13-24(34-3)26(17-21)36-5)18-27(30)28-15-14-20-8-12-23(33-2)25(16-20)35-4/h6-13,16-17H,14-15,18H2,1-5H3,(H,28,30). The van der Waals surface area contributed by atoms with E-state index in [1.54, 1.807) is 44.6 Å². The molecule has 0 heterocycles. The minimum absolute atomic E-state index is 0.0750. The third kappa shape index (κ3) is 6.65. The van der Waals surface area contributed by atoms with Crippen LogP contribution in [0.25, 0.3) is 0 Å². The Bertz CT molecular complexity index is 1330. The molecule has 3 aromatic rings. The Morgan fingerprint density at radius 1 is 0.784 bits per heavy atom. The number of sulfonamides is 1. The maximum atomic E-state index is 13.6. The molecule has 0 aliphatic carbocycles. The van der Waals surface area contributed by atoms with Gasteiger partial charge in [-0.05, 0) is 55.3 Å². The Morgan fingerprint density at radius 3 is 1.95 bits per heavy atom. The smallest absolute Gasteiger partial charge is 0.264 e. The summed E-state index contributed by atoms with van der Waals surface area (Å²) < 4.78 is 49.5. The number of methoxy groups -OCH3 is 4. The quantitative estimate of drug-likeness (QED) is 0.383. The van der Waals surface area contributed by atoms with E-state index in [1.807, 2.05) is 19.1 Å². The van der Waals surface area contributed by atoms with Crippen molar-refractivity contribution < 1.29 is 32.2 Å². The molecular weight excluding hydrogens is 496 g/mol. The van der Waals surface area contributed by atoms with Gasteiger partial charge in [0.1, 0.15) is 6.54 Å².